The predicted octanol–water partition coefficient (Wildman–Crippen LogP) is 2.34. The summed E-state index contributed by atoms with van der Waals surface area (Å²) in [5.74, 6) is 1.50. The second-order valence-corrected chi connectivity index (χ2v) is 4.44. The monoisotopic (exact) mass is 247 g/mol. The van der Waals surface area contributed by atoms with Crippen LogP contribution in [0.2, 0.25) is 0 Å². The van der Waals surface area contributed by atoms with Crippen molar-refractivity contribution in [3.63, 3.8) is 0 Å². The number of benzene rings is 1. The van der Waals surface area contributed by atoms with E-state index in [1.165, 1.54) is 5.56 Å². The van der Waals surface area contributed by atoms with Crippen LogP contribution in [0.4, 0.5) is 0 Å². The van der Waals surface area contributed by atoms with E-state index in [1.807, 2.05) is 18.2 Å². The van der Waals surface area contributed by atoms with E-state index in [9.17, 15) is 0 Å². The third-order valence-electron chi connectivity index (χ3n) is 3.08. The number of ether oxygens (including phenoxy) is 2. The Labute approximate surface area is 109 Å². The molecule has 0 fully saturated rings. The fourth-order valence-corrected chi connectivity index (χ4v) is 2.09. The summed E-state index contributed by atoms with van der Waals surface area (Å²) in [5.41, 5.74) is 1.32. The summed E-state index contributed by atoms with van der Waals surface area (Å²) < 4.78 is 11.1. The minimum Gasteiger partial charge on any atom is -0.493 e. The van der Waals surface area contributed by atoms with Gasteiger partial charge in [-0.2, -0.15) is 0 Å². The van der Waals surface area contributed by atoms with Gasteiger partial charge in [-0.05, 0) is 12.5 Å². The van der Waals surface area contributed by atoms with Crippen molar-refractivity contribution in [1.29, 1.82) is 0 Å². The van der Waals surface area contributed by atoms with Gasteiger partial charge in [0.05, 0.1) is 19.8 Å². The Hall–Kier alpha value is -1.32. The summed E-state index contributed by atoms with van der Waals surface area (Å²) in [4.78, 5) is 0. The molecule has 98 valence electrons. The van der Waals surface area contributed by atoms with Gasteiger partial charge in [0.2, 0.25) is 0 Å². The molecule has 3 nitrogen and oxygen atoms in total. The van der Waals surface area contributed by atoms with Gasteiger partial charge in [-0.15, -0.1) is 6.58 Å². The minimum absolute atomic E-state index is 0.467. The Balaban J connectivity index is 1.62. The lowest BCUT2D eigenvalue weighted by Crippen LogP contribution is -2.26. The molecule has 0 aromatic heterocycles. The second-order valence-electron chi connectivity index (χ2n) is 4.44. The van der Waals surface area contributed by atoms with Crippen molar-refractivity contribution in [2.75, 3.05) is 32.9 Å². The number of hydrogen-bond donors (Lipinski definition) is 1. The van der Waals surface area contributed by atoms with E-state index >= 15 is 0 Å². The van der Waals surface area contributed by atoms with Gasteiger partial charge < -0.3 is 14.8 Å². The van der Waals surface area contributed by atoms with Crippen molar-refractivity contribution in [3.8, 4) is 5.75 Å². The van der Waals surface area contributed by atoms with Crippen LogP contribution in [-0.2, 0) is 4.74 Å². The van der Waals surface area contributed by atoms with Crippen molar-refractivity contribution in [2.24, 2.45) is 0 Å². The van der Waals surface area contributed by atoms with Gasteiger partial charge in [0.15, 0.2) is 0 Å². The molecule has 3 heteroatoms. The van der Waals surface area contributed by atoms with Crippen LogP contribution in [0.1, 0.15) is 17.9 Å². The molecule has 0 bridgehead atoms. The first-order chi connectivity index (χ1) is 8.92. The van der Waals surface area contributed by atoms with E-state index in [1.54, 1.807) is 0 Å². The van der Waals surface area contributed by atoms with Crippen LogP contribution in [0.15, 0.2) is 36.9 Å². The fraction of sp³-hybridized carbons (Fsp3) is 0.467. The van der Waals surface area contributed by atoms with Crippen LogP contribution >= 0.6 is 0 Å². The molecular formula is C15H21NO2. The van der Waals surface area contributed by atoms with Gasteiger partial charge in [0.25, 0.3) is 0 Å². The van der Waals surface area contributed by atoms with E-state index < -0.39 is 0 Å². The number of nitrogens with one attached hydrogen (secondary N) is 1. The molecule has 0 radical (unpaired) electrons. The van der Waals surface area contributed by atoms with Crippen LogP contribution in [-0.4, -0.2) is 32.9 Å². The van der Waals surface area contributed by atoms with Gasteiger partial charge >= 0.3 is 0 Å². The number of para-hydroxylation sites is 1. The van der Waals surface area contributed by atoms with Crippen LogP contribution in [0.5, 0.6) is 5.75 Å². The van der Waals surface area contributed by atoms with Crippen LogP contribution in [0.3, 0.4) is 0 Å². The Kier molecular flexibility index (Phi) is 5.24. The van der Waals surface area contributed by atoms with E-state index in [-0.39, 0.29) is 0 Å². The third-order valence-corrected chi connectivity index (χ3v) is 3.08. The first-order valence-electron chi connectivity index (χ1n) is 6.53. The summed E-state index contributed by atoms with van der Waals surface area (Å²) in [6.07, 6.45) is 2.80. The molecule has 1 aliphatic rings. The molecule has 0 amide bonds. The summed E-state index contributed by atoms with van der Waals surface area (Å²) >= 11 is 0. The molecule has 0 aliphatic carbocycles. The topological polar surface area (TPSA) is 30.5 Å². The highest BCUT2D eigenvalue weighted by atomic mass is 16.5. The summed E-state index contributed by atoms with van der Waals surface area (Å²) in [6.45, 7) is 7.79. The van der Waals surface area contributed by atoms with Crippen molar-refractivity contribution >= 4 is 0 Å². The Morgan fingerprint density at radius 1 is 1.39 bits per heavy atom. The van der Waals surface area contributed by atoms with Crippen LogP contribution < -0.4 is 10.1 Å². The highest BCUT2D eigenvalue weighted by Crippen LogP contribution is 2.32. The molecule has 0 saturated heterocycles. The van der Waals surface area contributed by atoms with Crippen LogP contribution in [0, 0.1) is 0 Å². The highest BCUT2D eigenvalue weighted by molar-refractivity contribution is 5.39. The molecule has 1 heterocycles. The van der Waals surface area contributed by atoms with Gasteiger partial charge in [-0.25, -0.2) is 0 Å². The van der Waals surface area contributed by atoms with Crippen LogP contribution in [0.25, 0.3) is 0 Å². The molecule has 1 aromatic carbocycles. The number of hydrogen-bond acceptors (Lipinski definition) is 3. The smallest absolute Gasteiger partial charge is 0.122 e. The fourth-order valence-electron chi connectivity index (χ4n) is 2.09. The van der Waals surface area contributed by atoms with E-state index in [0.717, 1.165) is 45.1 Å². The molecular weight excluding hydrogens is 226 g/mol. The normalized spacial score (nSPS) is 17.2. The summed E-state index contributed by atoms with van der Waals surface area (Å²) in [5, 5.41) is 3.41. The quantitative estimate of drug-likeness (QED) is 0.565. The lowest BCUT2D eigenvalue weighted by molar-refractivity contribution is 0.140. The predicted molar refractivity (Wildman–Crippen MR) is 73.2 cm³/mol. The molecule has 1 aliphatic heterocycles. The molecule has 1 unspecified atom stereocenters. The van der Waals surface area contributed by atoms with E-state index in [2.05, 4.69) is 24.0 Å². The number of fused-ring (bicyclic) bond motifs is 1. The molecule has 1 N–H and O–H groups in total. The standard InChI is InChI=1S/C15H21NO2/c1-2-3-9-17-10-8-16-11-13-12-18-15-7-5-4-6-14(13)15/h2,4-7,13,16H,1,3,8-12H2. The van der Waals surface area contributed by atoms with Gasteiger partial charge in [-0.3, -0.25) is 0 Å². The average molecular weight is 247 g/mol. The minimum atomic E-state index is 0.467. The van der Waals surface area contributed by atoms with E-state index in [0.29, 0.717) is 5.92 Å². The Bertz CT molecular complexity index is 379. The Morgan fingerprint density at radius 3 is 3.17 bits per heavy atom. The molecule has 0 saturated carbocycles. The maximum absolute atomic E-state index is 5.64. The molecule has 2 rings (SSSR count). The molecule has 1 aromatic rings. The average Bonchev–Trinajstić information content (AvgIpc) is 2.81. The maximum Gasteiger partial charge on any atom is 0.122 e. The molecule has 0 spiro atoms. The SMILES string of the molecule is C=CCCOCCNCC1COc2ccccc21. The first kappa shape index (κ1) is 13.1. The van der Waals surface area contributed by atoms with E-state index in [4.69, 9.17) is 9.47 Å². The highest BCUT2D eigenvalue weighted by Gasteiger charge is 2.22. The lowest BCUT2D eigenvalue weighted by atomic mass is 10.0. The van der Waals surface area contributed by atoms with Crippen molar-refractivity contribution < 1.29 is 9.47 Å². The van der Waals surface area contributed by atoms with Gasteiger partial charge in [0, 0.05) is 24.6 Å². The first-order valence-corrected chi connectivity index (χ1v) is 6.53. The third kappa shape index (κ3) is 3.59. The summed E-state index contributed by atoms with van der Waals surface area (Å²) in [6, 6.07) is 8.27. The van der Waals surface area contributed by atoms with Gasteiger partial charge in [-0.1, -0.05) is 24.3 Å². The molecule has 18 heavy (non-hydrogen) atoms. The van der Waals surface area contributed by atoms with Crippen molar-refractivity contribution in [3.05, 3.63) is 42.5 Å². The van der Waals surface area contributed by atoms with Crippen molar-refractivity contribution in [1.82, 2.24) is 5.32 Å². The maximum atomic E-state index is 5.64. The van der Waals surface area contributed by atoms with Gasteiger partial charge in [0.1, 0.15) is 5.75 Å². The zero-order valence-electron chi connectivity index (χ0n) is 10.7. The van der Waals surface area contributed by atoms with Crippen molar-refractivity contribution in [2.45, 2.75) is 12.3 Å². The zero-order valence-corrected chi connectivity index (χ0v) is 10.7. The Morgan fingerprint density at radius 2 is 2.28 bits per heavy atom. The second kappa shape index (κ2) is 7.19. The largest absolute Gasteiger partial charge is 0.493 e. The molecule has 1 atom stereocenters. The zero-order chi connectivity index (χ0) is 12.6. The summed E-state index contributed by atoms with van der Waals surface area (Å²) in [7, 11) is 0. The number of rotatable bonds is 8. The lowest BCUT2D eigenvalue weighted by Gasteiger charge is -2.10.